The lowest BCUT2D eigenvalue weighted by atomic mass is 9.96. The molecule has 1 aliphatic rings. The van der Waals surface area contributed by atoms with Crippen molar-refractivity contribution < 1.29 is 13.6 Å². The zero-order valence-electron chi connectivity index (χ0n) is 16.0. The number of aromatic nitrogens is 3. The van der Waals surface area contributed by atoms with Gasteiger partial charge in [-0.25, -0.2) is 14.1 Å². The summed E-state index contributed by atoms with van der Waals surface area (Å²) in [4.78, 5) is 19.2. The average molecular weight is 425 g/mol. The van der Waals surface area contributed by atoms with Crippen LogP contribution < -0.4 is 0 Å². The number of halogens is 2. The van der Waals surface area contributed by atoms with E-state index in [1.165, 1.54) is 16.8 Å². The number of benzene rings is 2. The summed E-state index contributed by atoms with van der Waals surface area (Å²) in [6.07, 6.45) is 3.19. The molecule has 0 spiro atoms. The van der Waals surface area contributed by atoms with Gasteiger partial charge in [0.1, 0.15) is 11.3 Å². The number of carbonyl (C=O) groups excluding carboxylic acids is 1. The number of amides is 1. The SMILES string of the molecule is O=C(c1ccn(-c2cccc(F)c2)n1)N1CCC(c2nc3cc(Cl)ccc3o2)CC1. The molecule has 0 unspecified atom stereocenters. The van der Waals surface area contributed by atoms with Crippen LogP contribution in [0, 0.1) is 5.82 Å². The molecular formula is C22H18ClFN4O2. The Balaban J connectivity index is 1.26. The van der Waals surface area contributed by atoms with Crippen LogP contribution in [0.4, 0.5) is 4.39 Å². The summed E-state index contributed by atoms with van der Waals surface area (Å²) in [5.41, 5.74) is 2.38. The van der Waals surface area contributed by atoms with Gasteiger partial charge in [-0.2, -0.15) is 5.10 Å². The summed E-state index contributed by atoms with van der Waals surface area (Å²) in [6, 6.07) is 13.1. The van der Waals surface area contributed by atoms with E-state index in [-0.39, 0.29) is 17.6 Å². The molecule has 6 nitrogen and oxygen atoms in total. The molecular weight excluding hydrogens is 407 g/mol. The van der Waals surface area contributed by atoms with Crippen molar-refractivity contribution in [1.82, 2.24) is 19.7 Å². The second-order valence-electron chi connectivity index (χ2n) is 7.36. The molecule has 0 N–H and O–H groups in total. The maximum Gasteiger partial charge on any atom is 0.274 e. The van der Waals surface area contributed by atoms with E-state index < -0.39 is 0 Å². The van der Waals surface area contributed by atoms with Gasteiger partial charge in [-0.3, -0.25) is 4.79 Å². The lowest BCUT2D eigenvalue weighted by molar-refractivity contribution is 0.0700. The van der Waals surface area contributed by atoms with Crippen molar-refractivity contribution >= 4 is 28.6 Å². The third kappa shape index (κ3) is 3.57. The molecule has 2 aromatic heterocycles. The third-order valence-electron chi connectivity index (χ3n) is 5.38. The lowest BCUT2D eigenvalue weighted by Crippen LogP contribution is -2.38. The number of nitrogens with zero attached hydrogens (tertiary/aromatic N) is 4. The number of likely N-dealkylation sites (tertiary alicyclic amines) is 1. The van der Waals surface area contributed by atoms with Crippen molar-refractivity contribution in [2.24, 2.45) is 0 Å². The minimum Gasteiger partial charge on any atom is -0.440 e. The first kappa shape index (κ1) is 18.8. The van der Waals surface area contributed by atoms with Gasteiger partial charge >= 0.3 is 0 Å². The van der Waals surface area contributed by atoms with Gasteiger partial charge in [0, 0.05) is 30.2 Å². The van der Waals surface area contributed by atoms with Crippen LogP contribution in [0.5, 0.6) is 0 Å². The Morgan fingerprint density at radius 3 is 2.77 bits per heavy atom. The van der Waals surface area contributed by atoms with Crippen LogP contribution in [-0.2, 0) is 0 Å². The fourth-order valence-electron chi connectivity index (χ4n) is 3.78. The molecule has 0 bridgehead atoms. The lowest BCUT2D eigenvalue weighted by Gasteiger charge is -2.30. The van der Waals surface area contributed by atoms with Crippen LogP contribution in [0.25, 0.3) is 16.8 Å². The van der Waals surface area contributed by atoms with Crippen molar-refractivity contribution in [2.45, 2.75) is 18.8 Å². The normalized spacial score (nSPS) is 15.1. The van der Waals surface area contributed by atoms with Crippen LogP contribution >= 0.6 is 11.6 Å². The zero-order valence-corrected chi connectivity index (χ0v) is 16.7. The monoisotopic (exact) mass is 424 g/mol. The van der Waals surface area contributed by atoms with E-state index in [4.69, 9.17) is 16.0 Å². The molecule has 0 radical (unpaired) electrons. The third-order valence-corrected chi connectivity index (χ3v) is 5.61. The molecule has 30 heavy (non-hydrogen) atoms. The van der Waals surface area contributed by atoms with Crippen LogP contribution in [-0.4, -0.2) is 38.7 Å². The fourth-order valence-corrected chi connectivity index (χ4v) is 3.95. The number of rotatable bonds is 3. The predicted molar refractivity (Wildman–Crippen MR) is 110 cm³/mol. The minimum absolute atomic E-state index is 0.132. The van der Waals surface area contributed by atoms with Crippen molar-refractivity contribution in [3.63, 3.8) is 0 Å². The van der Waals surface area contributed by atoms with Crippen LogP contribution in [0.2, 0.25) is 5.02 Å². The van der Waals surface area contributed by atoms with Gasteiger partial charge in [0.2, 0.25) is 0 Å². The molecule has 4 aromatic rings. The number of piperidine rings is 1. The summed E-state index contributed by atoms with van der Waals surface area (Å²) in [5.74, 6) is 0.368. The summed E-state index contributed by atoms with van der Waals surface area (Å²) in [7, 11) is 0. The van der Waals surface area contributed by atoms with E-state index in [1.54, 1.807) is 41.4 Å². The molecule has 152 valence electrons. The van der Waals surface area contributed by atoms with E-state index in [0.717, 1.165) is 23.9 Å². The summed E-state index contributed by atoms with van der Waals surface area (Å²) in [5, 5.41) is 4.95. The molecule has 1 aliphatic heterocycles. The highest BCUT2D eigenvalue weighted by molar-refractivity contribution is 6.31. The molecule has 8 heteroatoms. The van der Waals surface area contributed by atoms with Crippen molar-refractivity contribution in [3.8, 4) is 5.69 Å². The number of hydrogen-bond donors (Lipinski definition) is 0. The predicted octanol–water partition coefficient (Wildman–Crippen LogP) is 4.83. The number of oxazole rings is 1. The summed E-state index contributed by atoms with van der Waals surface area (Å²) in [6.45, 7) is 1.19. The molecule has 1 saturated heterocycles. The summed E-state index contributed by atoms with van der Waals surface area (Å²) >= 11 is 6.02. The Morgan fingerprint density at radius 2 is 1.97 bits per heavy atom. The first-order valence-electron chi connectivity index (χ1n) is 9.74. The molecule has 0 atom stereocenters. The van der Waals surface area contributed by atoms with E-state index in [2.05, 4.69) is 10.1 Å². The molecule has 5 rings (SSSR count). The van der Waals surface area contributed by atoms with E-state index in [9.17, 15) is 9.18 Å². The van der Waals surface area contributed by atoms with Gasteiger partial charge in [0.25, 0.3) is 5.91 Å². The zero-order chi connectivity index (χ0) is 20.7. The van der Waals surface area contributed by atoms with Gasteiger partial charge in [-0.15, -0.1) is 0 Å². The second-order valence-corrected chi connectivity index (χ2v) is 7.79. The average Bonchev–Trinajstić information content (AvgIpc) is 3.40. The van der Waals surface area contributed by atoms with Gasteiger partial charge in [-0.05, 0) is 55.3 Å². The molecule has 1 fully saturated rings. The smallest absolute Gasteiger partial charge is 0.274 e. The minimum atomic E-state index is -0.348. The maximum atomic E-state index is 13.4. The Hall–Kier alpha value is -3.19. The van der Waals surface area contributed by atoms with Gasteiger partial charge in [0.15, 0.2) is 17.2 Å². The molecule has 0 aliphatic carbocycles. The molecule has 3 heterocycles. The largest absolute Gasteiger partial charge is 0.440 e. The van der Waals surface area contributed by atoms with Gasteiger partial charge in [0.05, 0.1) is 5.69 Å². The van der Waals surface area contributed by atoms with Gasteiger partial charge < -0.3 is 9.32 Å². The fraction of sp³-hybridized carbons (Fsp3) is 0.227. The second kappa shape index (κ2) is 7.57. The van der Waals surface area contributed by atoms with Crippen molar-refractivity contribution in [1.29, 1.82) is 0 Å². The van der Waals surface area contributed by atoms with E-state index in [0.29, 0.717) is 35.4 Å². The quantitative estimate of drug-likeness (QED) is 0.472. The number of fused-ring (bicyclic) bond motifs is 1. The Labute approximate surface area is 176 Å². The topological polar surface area (TPSA) is 64.2 Å². The molecule has 0 saturated carbocycles. The van der Waals surface area contributed by atoms with Crippen LogP contribution in [0.15, 0.2) is 59.1 Å². The van der Waals surface area contributed by atoms with Gasteiger partial charge in [-0.1, -0.05) is 17.7 Å². The Bertz CT molecular complexity index is 1230. The highest BCUT2D eigenvalue weighted by atomic mass is 35.5. The first-order chi connectivity index (χ1) is 14.6. The van der Waals surface area contributed by atoms with Crippen molar-refractivity contribution in [2.75, 3.05) is 13.1 Å². The molecule has 1 amide bonds. The first-order valence-corrected chi connectivity index (χ1v) is 10.1. The number of carbonyl (C=O) groups is 1. The number of hydrogen-bond acceptors (Lipinski definition) is 4. The highest BCUT2D eigenvalue weighted by Gasteiger charge is 2.28. The van der Waals surface area contributed by atoms with Crippen molar-refractivity contribution in [3.05, 3.63) is 77.2 Å². The molecule has 2 aromatic carbocycles. The maximum absolute atomic E-state index is 13.4. The van der Waals surface area contributed by atoms with Crippen LogP contribution in [0.3, 0.4) is 0 Å². The van der Waals surface area contributed by atoms with E-state index in [1.807, 2.05) is 6.07 Å². The Kier molecular flexibility index (Phi) is 4.75. The Morgan fingerprint density at radius 1 is 1.13 bits per heavy atom. The summed E-state index contributed by atoms with van der Waals surface area (Å²) < 4.78 is 20.8. The standard InChI is InChI=1S/C22H18ClFN4O2/c23-15-4-5-20-19(12-15)25-21(30-20)14-6-9-27(10-7-14)22(29)18-8-11-28(26-18)17-3-1-2-16(24)13-17/h1-5,8,11-14H,6-7,9-10H2. The van der Waals surface area contributed by atoms with E-state index >= 15 is 0 Å². The van der Waals surface area contributed by atoms with Crippen LogP contribution in [0.1, 0.15) is 35.1 Å². The highest BCUT2D eigenvalue weighted by Crippen LogP contribution is 2.31.